The fourth-order valence-electron chi connectivity index (χ4n) is 2.94. The van der Waals surface area contributed by atoms with Gasteiger partial charge < -0.3 is 5.32 Å². The molecule has 2 atom stereocenters. The van der Waals surface area contributed by atoms with E-state index in [1.807, 2.05) is 6.08 Å². The quantitative estimate of drug-likeness (QED) is 0.517. The van der Waals surface area contributed by atoms with Gasteiger partial charge in [-0.15, -0.1) is 18.3 Å². The summed E-state index contributed by atoms with van der Waals surface area (Å²) in [4.78, 5) is 1.49. The number of nitrogens with one attached hydrogen (secondary N) is 1. The van der Waals surface area contributed by atoms with Crippen molar-refractivity contribution in [2.75, 3.05) is 6.54 Å². The van der Waals surface area contributed by atoms with Gasteiger partial charge in [0.2, 0.25) is 0 Å². The summed E-state index contributed by atoms with van der Waals surface area (Å²) in [5.74, 6) is 0. The molecule has 0 saturated heterocycles. The zero-order valence-electron chi connectivity index (χ0n) is 12.6. The Labute approximate surface area is 128 Å². The molecule has 0 saturated carbocycles. The summed E-state index contributed by atoms with van der Waals surface area (Å²) in [6.07, 6.45) is 9.68. The number of hydrogen-bond donors (Lipinski definition) is 1. The largest absolute Gasteiger partial charge is 0.313 e. The van der Waals surface area contributed by atoms with Crippen LogP contribution < -0.4 is 5.32 Å². The van der Waals surface area contributed by atoms with Gasteiger partial charge in [-0.3, -0.25) is 0 Å². The molecule has 1 aliphatic rings. The standard InChI is InChI=1S/C18H27NS/c1-3-5-6-7-8-12-16(19-4-2)18-14-15-11-9-10-13-17(15)20-18/h3,9-11,13,16,18-19H,1,4-8,12,14H2,2H3. The van der Waals surface area contributed by atoms with Crippen molar-refractivity contribution in [3.8, 4) is 0 Å². The molecule has 2 unspecified atom stereocenters. The van der Waals surface area contributed by atoms with E-state index in [0.29, 0.717) is 11.3 Å². The highest BCUT2D eigenvalue weighted by Gasteiger charge is 2.28. The van der Waals surface area contributed by atoms with E-state index in [4.69, 9.17) is 0 Å². The van der Waals surface area contributed by atoms with E-state index >= 15 is 0 Å². The lowest BCUT2D eigenvalue weighted by atomic mass is 9.99. The predicted molar refractivity (Wildman–Crippen MR) is 90.5 cm³/mol. The van der Waals surface area contributed by atoms with E-state index in [0.717, 1.165) is 13.0 Å². The smallest absolute Gasteiger partial charge is 0.0289 e. The molecule has 20 heavy (non-hydrogen) atoms. The third-order valence-electron chi connectivity index (χ3n) is 4.01. The zero-order chi connectivity index (χ0) is 14.2. The summed E-state index contributed by atoms with van der Waals surface area (Å²) in [6.45, 7) is 7.09. The predicted octanol–water partition coefficient (Wildman–Crippen LogP) is 4.82. The Balaban J connectivity index is 1.82. The van der Waals surface area contributed by atoms with Crippen molar-refractivity contribution in [2.45, 2.75) is 61.6 Å². The fourth-order valence-corrected chi connectivity index (χ4v) is 4.39. The van der Waals surface area contributed by atoms with Crippen LogP contribution in [0, 0.1) is 0 Å². The van der Waals surface area contributed by atoms with E-state index in [9.17, 15) is 0 Å². The van der Waals surface area contributed by atoms with Crippen LogP contribution >= 0.6 is 11.8 Å². The Morgan fingerprint density at radius 3 is 2.95 bits per heavy atom. The van der Waals surface area contributed by atoms with Crippen LogP contribution in [0.1, 0.15) is 44.6 Å². The number of hydrogen-bond acceptors (Lipinski definition) is 2. The number of thioether (sulfide) groups is 1. The van der Waals surface area contributed by atoms with E-state index in [1.165, 1.54) is 42.6 Å². The van der Waals surface area contributed by atoms with Crippen LogP contribution in [0.5, 0.6) is 0 Å². The van der Waals surface area contributed by atoms with E-state index < -0.39 is 0 Å². The summed E-state index contributed by atoms with van der Waals surface area (Å²) in [7, 11) is 0. The number of fused-ring (bicyclic) bond motifs is 1. The molecule has 0 radical (unpaired) electrons. The highest BCUT2D eigenvalue weighted by Crippen LogP contribution is 2.39. The third-order valence-corrected chi connectivity index (χ3v) is 5.46. The molecule has 0 aliphatic carbocycles. The zero-order valence-corrected chi connectivity index (χ0v) is 13.4. The van der Waals surface area contributed by atoms with Crippen LogP contribution in [0.2, 0.25) is 0 Å². The molecule has 110 valence electrons. The average Bonchev–Trinajstić information content (AvgIpc) is 2.89. The lowest BCUT2D eigenvalue weighted by molar-refractivity contribution is 0.454. The molecule has 1 heterocycles. The molecule has 1 nitrogen and oxygen atoms in total. The molecule has 0 fully saturated rings. The van der Waals surface area contributed by atoms with E-state index in [2.05, 4.69) is 54.8 Å². The molecule has 1 aromatic rings. The van der Waals surface area contributed by atoms with Gasteiger partial charge in [0.05, 0.1) is 0 Å². The van der Waals surface area contributed by atoms with Crippen molar-refractivity contribution in [3.05, 3.63) is 42.5 Å². The Bertz CT molecular complexity index is 391. The maximum absolute atomic E-state index is 3.79. The monoisotopic (exact) mass is 289 g/mol. The Morgan fingerprint density at radius 1 is 1.35 bits per heavy atom. The minimum atomic E-state index is 0.654. The van der Waals surface area contributed by atoms with Gasteiger partial charge >= 0.3 is 0 Å². The van der Waals surface area contributed by atoms with Gasteiger partial charge in [-0.1, -0.05) is 44.0 Å². The normalized spacial score (nSPS) is 18.8. The van der Waals surface area contributed by atoms with Crippen LogP contribution in [0.4, 0.5) is 0 Å². The average molecular weight is 289 g/mol. The van der Waals surface area contributed by atoms with Crippen molar-refractivity contribution >= 4 is 11.8 Å². The number of allylic oxidation sites excluding steroid dienone is 1. The highest BCUT2D eigenvalue weighted by molar-refractivity contribution is 8.00. The number of benzene rings is 1. The Morgan fingerprint density at radius 2 is 2.20 bits per heavy atom. The van der Waals surface area contributed by atoms with Gasteiger partial charge in [-0.25, -0.2) is 0 Å². The van der Waals surface area contributed by atoms with Gasteiger partial charge in [0.1, 0.15) is 0 Å². The molecule has 2 rings (SSSR count). The topological polar surface area (TPSA) is 12.0 Å². The number of unbranched alkanes of at least 4 members (excludes halogenated alkanes) is 3. The first-order valence-corrected chi connectivity index (χ1v) is 8.82. The SMILES string of the molecule is C=CCCCCCC(NCC)C1Cc2ccccc2S1. The first-order chi connectivity index (χ1) is 9.85. The van der Waals surface area contributed by atoms with Crippen LogP contribution in [-0.4, -0.2) is 17.8 Å². The van der Waals surface area contributed by atoms with Crippen molar-refractivity contribution in [1.29, 1.82) is 0 Å². The Hall–Kier alpha value is -0.730. The molecule has 0 spiro atoms. The maximum Gasteiger partial charge on any atom is 0.0289 e. The van der Waals surface area contributed by atoms with Gasteiger partial charge in [-0.2, -0.15) is 0 Å². The lowest BCUT2D eigenvalue weighted by Gasteiger charge is -2.23. The molecule has 1 N–H and O–H groups in total. The second-order valence-corrected chi connectivity index (χ2v) is 6.84. The van der Waals surface area contributed by atoms with Gasteiger partial charge in [0.25, 0.3) is 0 Å². The molecule has 0 aromatic heterocycles. The van der Waals surface area contributed by atoms with E-state index in [-0.39, 0.29) is 0 Å². The van der Waals surface area contributed by atoms with Crippen molar-refractivity contribution in [2.24, 2.45) is 0 Å². The fraction of sp³-hybridized carbons (Fsp3) is 0.556. The lowest BCUT2D eigenvalue weighted by Crippen LogP contribution is -2.38. The first kappa shape index (κ1) is 15.7. The molecular weight excluding hydrogens is 262 g/mol. The van der Waals surface area contributed by atoms with Crippen LogP contribution in [0.25, 0.3) is 0 Å². The van der Waals surface area contributed by atoms with Crippen LogP contribution in [0.15, 0.2) is 41.8 Å². The first-order valence-electron chi connectivity index (χ1n) is 7.94. The molecule has 1 aromatic carbocycles. The molecule has 1 aliphatic heterocycles. The molecule has 0 amide bonds. The van der Waals surface area contributed by atoms with E-state index in [1.54, 1.807) is 0 Å². The summed E-state index contributed by atoms with van der Waals surface area (Å²) in [5.41, 5.74) is 1.54. The number of rotatable bonds is 9. The summed E-state index contributed by atoms with van der Waals surface area (Å²) >= 11 is 2.07. The molecule has 0 bridgehead atoms. The van der Waals surface area contributed by atoms with Gasteiger partial charge in [-0.05, 0) is 43.9 Å². The van der Waals surface area contributed by atoms with Gasteiger partial charge in [0, 0.05) is 16.2 Å². The van der Waals surface area contributed by atoms with Crippen molar-refractivity contribution < 1.29 is 0 Å². The summed E-state index contributed by atoms with van der Waals surface area (Å²) in [6, 6.07) is 9.54. The Kier molecular flexibility index (Phi) is 6.68. The second-order valence-electron chi connectivity index (χ2n) is 5.56. The minimum Gasteiger partial charge on any atom is -0.313 e. The molecule has 2 heteroatoms. The highest BCUT2D eigenvalue weighted by atomic mass is 32.2. The van der Waals surface area contributed by atoms with Crippen molar-refractivity contribution in [1.82, 2.24) is 5.32 Å². The molecular formula is C18H27NS. The van der Waals surface area contributed by atoms with Crippen LogP contribution in [0.3, 0.4) is 0 Å². The van der Waals surface area contributed by atoms with Crippen LogP contribution in [-0.2, 0) is 6.42 Å². The maximum atomic E-state index is 3.79. The summed E-state index contributed by atoms with van der Waals surface area (Å²) < 4.78 is 0. The third kappa shape index (κ3) is 4.39. The summed E-state index contributed by atoms with van der Waals surface area (Å²) in [5, 5.41) is 4.42. The van der Waals surface area contributed by atoms with Gasteiger partial charge in [0.15, 0.2) is 0 Å². The van der Waals surface area contributed by atoms with Crippen molar-refractivity contribution in [3.63, 3.8) is 0 Å². The minimum absolute atomic E-state index is 0.654. The second kappa shape index (κ2) is 8.53.